The molecule has 10 heteroatoms. The summed E-state index contributed by atoms with van der Waals surface area (Å²) < 4.78 is 33.3. The highest BCUT2D eigenvalue weighted by Gasteiger charge is 2.32. The monoisotopic (exact) mass is 601 g/mol. The van der Waals surface area contributed by atoms with Gasteiger partial charge in [-0.1, -0.05) is 60.7 Å². The normalized spacial score (nSPS) is 19.6. The molecule has 3 rings (SSSR count). The lowest BCUT2D eigenvalue weighted by Crippen LogP contribution is -2.43. The first-order valence-corrected chi connectivity index (χ1v) is 14.5. The third kappa shape index (κ3) is 16.1. The molecule has 10 nitrogen and oxygen atoms in total. The van der Waals surface area contributed by atoms with Crippen molar-refractivity contribution in [3.63, 3.8) is 0 Å². The van der Waals surface area contributed by atoms with Gasteiger partial charge in [0.1, 0.15) is 23.4 Å². The van der Waals surface area contributed by atoms with Gasteiger partial charge in [0, 0.05) is 6.61 Å². The van der Waals surface area contributed by atoms with Gasteiger partial charge in [-0.2, -0.15) is 0 Å². The van der Waals surface area contributed by atoms with Crippen molar-refractivity contribution in [1.82, 2.24) is 5.32 Å². The summed E-state index contributed by atoms with van der Waals surface area (Å²) >= 11 is 0. The molecule has 1 N–H and O–H groups in total. The number of alkyl carbamates (subject to hydrolysis) is 2. The first-order chi connectivity index (χ1) is 20.2. The number of hydrogen-bond donors (Lipinski definition) is 1. The van der Waals surface area contributed by atoms with Crippen molar-refractivity contribution in [2.75, 3.05) is 13.2 Å². The number of nitrogens with one attached hydrogen (secondary N) is 1. The fourth-order valence-electron chi connectivity index (χ4n) is 3.91. The third-order valence-corrected chi connectivity index (χ3v) is 5.74. The van der Waals surface area contributed by atoms with Crippen LogP contribution in [-0.4, -0.2) is 60.9 Å². The van der Waals surface area contributed by atoms with Crippen LogP contribution in [-0.2, 0) is 46.4 Å². The first-order valence-electron chi connectivity index (χ1n) is 14.5. The zero-order valence-electron chi connectivity index (χ0n) is 26.4. The van der Waals surface area contributed by atoms with Gasteiger partial charge in [0.2, 0.25) is 0 Å². The number of amides is 2. The lowest BCUT2D eigenvalue weighted by molar-refractivity contribution is -0.175. The number of carbonyl (C=O) groups excluding carboxylic acids is 3. The highest BCUT2D eigenvalue weighted by Crippen LogP contribution is 2.21. The molecule has 1 heterocycles. The molecule has 2 aromatic rings. The number of carbonyl (C=O) groups is 3. The number of benzene rings is 2. The van der Waals surface area contributed by atoms with Crippen LogP contribution >= 0.6 is 0 Å². The van der Waals surface area contributed by atoms with Crippen LogP contribution in [0.25, 0.3) is 0 Å². The molecule has 0 radical (unpaired) electrons. The van der Waals surface area contributed by atoms with Gasteiger partial charge in [-0.25, -0.2) is 14.9 Å². The minimum absolute atomic E-state index is 0.246. The maximum Gasteiger partial charge on any atom is 0.417 e. The zero-order chi connectivity index (χ0) is 31.9. The van der Waals surface area contributed by atoms with Crippen LogP contribution in [0.15, 0.2) is 60.7 Å². The van der Waals surface area contributed by atoms with Gasteiger partial charge in [0.25, 0.3) is 0 Å². The van der Waals surface area contributed by atoms with Gasteiger partial charge in [-0.05, 0) is 66.0 Å². The van der Waals surface area contributed by atoms with Gasteiger partial charge < -0.3 is 28.4 Å². The average Bonchev–Trinajstić information content (AvgIpc) is 2.90. The van der Waals surface area contributed by atoms with E-state index in [0.717, 1.165) is 11.1 Å². The smallest absolute Gasteiger partial charge is 0.417 e. The van der Waals surface area contributed by atoms with E-state index >= 15 is 0 Å². The highest BCUT2D eigenvalue weighted by molar-refractivity contribution is 5.87. The van der Waals surface area contributed by atoms with E-state index in [0.29, 0.717) is 32.8 Å². The first kappa shape index (κ1) is 35.7. The molecule has 1 fully saturated rings. The molecule has 2 aromatic carbocycles. The second-order valence-electron chi connectivity index (χ2n) is 12.1. The van der Waals surface area contributed by atoms with E-state index in [4.69, 9.17) is 28.4 Å². The summed E-state index contributed by atoms with van der Waals surface area (Å²) in [5.74, 6) is -0.274. The van der Waals surface area contributed by atoms with E-state index in [1.165, 1.54) is 0 Å². The van der Waals surface area contributed by atoms with Gasteiger partial charge in [-0.15, -0.1) is 0 Å². The molecule has 2 amide bonds. The largest absolute Gasteiger partial charge is 0.460 e. The number of cyclic esters (lactones) is 1. The van der Waals surface area contributed by atoms with Crippen LogP contribution < -0.4 is 5.32 Å². The van der Waals surface area contributed by atoms with E-state index in [1.54, 1.807) is 41.5 Å². The van der Waals surface area contributed by atoms with Crippen molar-refractivity contribution >= 4 is 18.2 Å². The average molecular weight is 602 g/mol. The number of ether oxygens (including phenoxy) is 6. The summed E-state index contributed by atoms with van der Waals surface area (Å²) in [7, 11) is 0. The molecule has 1 aliphatic rings. The van der Waals surface area contributed by atoms with E-state index < -0.39 is 29.5 Å². The molecule has 2 unspecified atom stereocenters. The van der Waals surface area contributed by atoms with Crippen molar-refractivity contribution in [1.29, 1.82) is 0 Å². The Morgan fingerprint density at radius 1 is 0.791 bits per heavy atom. The summed E-state index contributed by atoms with van der Waals surface area (Å²) in [6.07, 6.45) is -1.72. The Morgan fingerprint density at radius 3 is 1.77 bits per heavy atom. The van der Waals surface area contributed by atoms with Crippen LogP contribution in [0.5, 0.6) is 0 Å². The van der Waals surface area contributed by atoms with Gasteiger partial charge in [0.05, 0.1) is 32.3 Å². The van der Waals surface area contributed by atoms with Crippen LogP contribution in [0, 0.1) is 0 Å². The maximum absolute atomic E-state index is 12.0. The Balaban J connectivity index is 0.000000367. The molecule has 0 aliphatic carbocycles. The van der Waals surface area contributed by atoms with E-state index in [1.807, 2.05) is 72.9 Å². The van der Waals surface area contributed by atoms with Crippen LogP contribution in [0.1, 0.15) is 72.4 Å². The molecule has 0 bridgehead atoms. The molecular weight excluding hydrogens is 554 g/mol. The molecule has 0 aromatic heterocycles. The summed E-state index contributed by atoms with van der Waals surface area (Å²) in [5, 5.41) is 1.97. The summed E-state index contributed by atoms with van der Waals surface area (Å²) in [6.45, 7) is 13.9. The standard InChI is InChI=1S/C23H28O5.C10H19NO4/c1-18-23(27-17-20-10-6-3-7-11-20)21(12-14-25-15-13-22(24)28-18)26-16-19-8-4-2-5-9-19;1-9(2,3)14-7(12)11-8(13)15-10(4,5)6/h2-11,18,21,23H,12-17H2,1H3;1-6H3,(H,11,12,13)/t18?,21?,23-;/m0./s1. The summed E-state index contributed by atoms with van der Waals surface area (Å²) in [5.41, 5.74) is 0.890. The molecule has 1 saturated heterocycles. The molecule has 3 atom stereocenters. The Labute approximate surface area is 255 Å². The topological polar surface area (TPSA) is 119 Å². The van der Waals surface area contributed by atoms with Crippen molar-refractivity contribution in [2.45, 2.75) is 104 Å². The second kappa shape index (κ2) is 17.6. The van der Waals surface area contributed by atoms with Crippen molar-refractivity contribution in [2.24, 2.45) is 0 Å². The number of esters is 1. The summed E-state index contributed by atoms with van der Waals surface area (Å²) in [4.78, 5) is 34.3. The van der Waals surface area contributed by atoms with Crippen molar-refractivity contribution < 1.29 is 42.8 Å². The SMILES string of the molecule is CC(C)(C)OC(=O)NC(=O)OC(C)(C)C.CC1OC(=O)CCOCCC(OCc2ccccc2)[C@H]1OCc1ccccc1. The van der Waals surface area contributed by atoms with E-state index in [-0.39, 0.29) is 24.6 Å². The minimum Gasteiger partial charge on any atom is -0.460 e. The van der Waals surface area contributed by atoms with Crippen LogP contribution in [0.2, 0.25) is 0 Å². The minimum atomic E-state index is -0.809. The molecule has 238 valence electrons. The lowest BCUT2D eigenvalue weighted by atomic mass is 10.0. The van der Waals surface area contributed by atoms with E-state index in [2.05, 4.69) is 0 Å². The van der Waals surface area contributed by atoms with Gasteiger partial charge >= 0.3 is 18.2 Å². The van der Waals surface area contributed by atoms with Crippen molar-refractivity contribution in [3.8, 4) is 0 Å². The van der Waals surface area contributed by atoms with Gasteiger partial charge in [0.15, 0.2) is 0 Å². The number of hydrogen-bond acceptors (Lipinski definition) is 9. The highest BCUT2D eigenvalue weighted by atomic mass is 16.6. The Morgan fingerprint density at radius 2 is 1.28 bits per heavy atom. The Hall–Kier alpha value is -3.47. The predicted molar refractivity (Wildman–Crippen MR) is 161 cm³/mol. The number of rotatable bonds is 6. The lowest BCUT2D eigenvalue weighted by Gasteiger charge is -2.32. The molecule has 0 spiro atoms. The zero-order valence-corrected chi connectivity index (χ0v) is 26.4. The van der Waals surface area contributed by atoms with Crippen LogP contribution in [0.3, 0.4) is 0 Å². The number of imide groups is 1. The fraction of sp³-hybridized carbons (Fsp3) is 0.545. The molecule has 1 aliphatic heterocycles. The summed E-state index contributed by atoms with van der Waals surface area (Å²) in [6, 6.07) is 20.0. The molecule has 43 heavy (non-hydrogen) atoms. The fourth-order valence-corrected chi connectivity index (χ4v) is 3.91. The quantitative estimate of drug-likeness (QED) is 0.299. The Bertz CT molecular complexity index is 1080. The molecular formula is C33H47NO9. The van der Waals surface area contributed by atoms with E-state index in [9.17, 15) is 14.4 Å². The second-order valence-corrected chi connectivity index (χ2v) is 12.1. The third-order valence-electron chi connectivity index (χ3n) is 5.74. The maximum atomic E-state index is 12.0. The molecule has 0 saturated carbocycles. The Kier molecular flexibility index (Phi) is 14.6. The van der Waals surface area contributed by atoms with Gasteiger partial charge in [-0.3, -0.25) is 4.79 Å². The van der Waals surface area contributed by atoms with Crippen LogP contribution in [0.4, 0.5) is 9.59 Å². The van der Waals surface area contributed by atoms with Crippen molar-refractivity contribution in [3.05, 3.63) is 71.8 Å². The predicted octanol–water partition coefficient (Wildman–Crippen LogP) is 6.35.